The molecule has 0 bridgehead atoms. The molecule has 3 atom stereocenters. The lowest BCUT2D eigenvalue weighted by Gasteiger charge is -2.26. The van der Waals surface area contributed by atoms with Gasteiger partial charge in [0.2, 0.25) is 5.75 Å². The largest absolute Gasteiger partial charge is 0.493 e. The molecular weight excluding hydrogens is 460 g/mol. The molecule has 0 unspecified atom stereocenters. The zero-order valence-corrected chi connectivity index (χ0v) is 21.0. The Morgan fingerprint density at radius 1 is 0.917 bits per heavy atom. The maximum absolute atomic E-state index is 13.0. The second-order valence-electron chi connectivity index (χ2n) is 8.42. The van der Waals surface area contributed by atoms with Crippen molar-refractivity contribution in [1.29, 1.82) is 0 Å². The van der Waals surface area contributed by atoms with Gasteiger partial charge in [-0.2, -0.15) is 0 Å². The van der Waals surface area contributed by atoms with Crippen molar-refractivity contribution in [1.82, 2.24) is 10.3 Å². The molecule has 3 rings (SSSR count). The van der Waals surface area contributed by atoms with Crippen molar-refractivity contribution in [2.45, 2.75) is 45.8 Å². The minimum absolute atomic E-state index is 0.123. The molecule has 8 nitrogen and oxygen atoms in total. The molecular formula is C28H30N2O6. The van der Waals surface area contributed by atoms with Gasteiger partial charge in [0.25, 0.3) is 5.91 Å². The van der Waals surface area contributed by atoms with E-state index in [9.17, 15) is 14.4 Å². The molecule has 2 aromatic carbocycles. The third-order valence-corrected chi connectivity index (χ3v) is 5.62. The predicted octanol–water partition coefficient (Wildman–Crippen LogP) is 4.21. The Labute approximate surface area is 210 Å². The monoisotopic (exact) mass is 490 g/mol. The van der Waals surface area contributed by atoms with E-state index >= 15 is 0 Å². The summed E-state index contributed by atoms with van der Waals surface area (Å²) in [5, 5.41) is 2.57. The van der Waals surface area contributed by atoms with Gasteiger partial charge in [-0.1, -0.05) is 60.2 Å². The second-order valence-corrected chi connectivity index (χ2v) is 8.42. The molecule has 8 heteroatoms. The molecule has 36 heavy (non-hydrogen) atoms. The Balaban J connectivity index is 1.77. The average Bonchev–Trinajstić information content (AvgIpc) is 2.85. The first-order valence-corrected chi connectivity index (χ1v) is 11.6. The van der Waals surface area contributed by atoms with Crippen LogP contribution in [0.2, 0.25) is 0 Å². The number of hydrogen-bond donors (Lipinski definition) is 1. The quantitative estimate of drug-likeness (QED) is 0.448. The summed E-state index contributed by atoms with van der Waals surface area (Å²) >= 11 is 0. The van der Waals surface area contributed by atoms with Crippen LogP contribution in [-0.4, -0.2) is 42.1 Å². The zero-order valence-electron chi connectivity index (χ0n) is 21.0. The summed E-state index contributed by atoms with van der Waals surface area (Å²) in [5.41, 5.74) is 2.96. The summed E-state index contributed by atoms with van der Waals surface area (Å²) in [6.45, 7) is 6.56. The normalized spacial score (nSPS) is 13.1. The molecule has 0 saturated carbocycles. The van der Waals surface area contributed by atoms with Gasteiger partial charge in [0.15, 0.2) is 11.4 Å². The van der Waals surface area contributed by atoms with Crippen LogP contribution in [0.3, 0.4) is 0 Å². The van der Waals surface area contributed by atoms with E-state index in [1.54, 1.807) is 0 Å². The van der Waals surface area contributed by atoms with Crippen LogP contribution < -0.4 is 14.8 Å². The van der Waals surface area contributed by atoms with Crippen molar-refractivity contribution in [2.24, 2.45) is 0 Å². The van der Waals surface area contributed by atoms with Crippen LogP contribution in [-0.2, 0) is 14.3 Å². The fourth-order valence-corrected chi connectivity index (χ4v) is 3.84. The molecule has 3 aromatic rings. The maximum atomic E-state index is 13.0. The number of rotatable bonds is 9. The minimum Gasteiger partial charge on any atom is -0.493 e. The molecule has 1 amide bonds. The number of pyridine rings is 1. The van der Waals surface area contributed by atoms with Gasteiger partial charge < -0.3 is 19.5 Å². The Morgan fingerprint density at radius 3 is 2.17 bits per heavy atom. The molecule has 1 N–H and O–H groups in total. The molecule has 1 heterocycles. The topological polar surface area (TPSA) is 104 Å². The van der Waals surface area contributed by atoms with Crippen molar-refractivity contribution in [2.75, 3.05) is 7.11 Å². The van der Waals surface area contributed by atoms with Gasteiger partial charge in [-0.15, -0.1) is 0 Å². The van der Waals surface area contributed by atoms with E-state index in [0.29, 0.717) is 0 Å². The lowest BCUT2D eigenvalue weighted by atomic mass is 9.87. The average molecular weight is 491 g/mol. The van der Waals surface area contributed by atoms with Crippen LogP contribution in [0.25, 0.3) is 0 Å². The van der Waals surface area contributed by atoms with E-state index in [1.807, 2.05) is 68.4 Å². The number of esters is 2. The van der Waals surface area contributed by atoms with Gasteiger partial charge in [-0.25, -0.2) is 9.78 Å². The van der Waals surface area contributed by atoms with Crippen molar-refractivity contribution >= 4 is 17.8 Å². The number of aromatic nitrogens is 1. The Hall–Kier alpha value is -4.20. The Kier molecular flexibility index (Phi) is 8.78. The number of methoxy groups -OCH3 is 1. The number of aryl methyl sites for hydroxylation is 1. The van der Waals surface area contributed by atoms with Crippen LogP contribution >= 0.6 is 0 Å². The van der Waals surface area contributed by atoms with E-state index < -0.39 is 30.0 Å². The molecule has 0 aliphatic carbocycles. The number of carbonyl (C=O) groups is 3. The molecule has 1 aromatic heterocycles. The van der Waals surface area contributed by atoms with Crippen LogP contribution in [0, 0.1) is 6.92 Å². The van der Waals surface area contributed by atoms with Crippen molar-refractivity contribution in [3.8, 4) is 11.5 Å². The molecule has 0 fully saturated rings. The van der Waals surface area contributed by atoms with Crippen LogP contribution in [0.4, 0.5) is 0 Å². The summed E-state index contributed by atoms with van der Waals surface area (Å²) in [7, 11) is 1.38. The molecule has 0 saturated heterocycles. The van der Waals surface area contributed by atoms with Crippen LogP contribution in [0.5, 0.6) is 11.5 Å². The smallest absolute Gasteiger partial charge is 0.328 e. The van der Waals surface area contributed by atoms with E-state index in [1.165, 1.54) is 33.2 Å². The van der Waals surface area contributed by atoms with Crippen LogP contribution in [0.1, 0.15) is 53.9 Å². The lowest BCUT2D eigenvalue weighted by Crippen LogP contribution is -2.41. The van der Waals surface area contributed by atoms with Crippen molar-refractivity contribution in [3.05, 3.63) is 89.2 Å². The van der Waals surface area contributed by atoms with Gasteiger partial charge in [-0.3, -0.25) is 9.59 Å². The van der Waals surface area contributed by atoms with Gasteiger partial charge in [0.1, 0.15) is 12.1 Å². The summed E-state index contributed by atoms with van der Waals surface area (Å²) in [6, 6.07) is 18.3. The van der Waals surface area contributed by atoms with Crippen LogP contribution in [0.15, 0.2) is 66.9 Å². The highest BCUT2D eigenvalue weighted by Gasteiger charge is 2.29. The molecule has 0 radical (unpaired) electrons. The number of benzene rings is 2. The zero-order chi connectivity index (χ0) is 26.2. The standard InChI is InChI=1S/C28H30N2O6/c1-17-11-13-22(14-12-17)24(21-9-7-6-8-10-21)19(3)35-28(33)18(2)30-27(32)25-26(36-20(4)31)23(34-5)15-16-29-25/h6-16,18-19,24H,1-5H3,(H,30,32)/t18-,19-,24+/m0/s1. The Morgan fingerprint density at radius 2 is 1.56 bits per heavy atom. The third-order valence-electron chi connectivity index (χ3n) is 5.62. The summed E-state index contributed by atoms with van der Waals surface area (Å²) in [6.07, 6.45) is 0.825. The fraction of sp³-hybridized carbons (Fsp3) is 0.286. The van der Waals surface area contributed by atoms with E-state index in [-0.39, 0.29) is 23.1 Å². The van der Waals surface area contributed by atoms with Crippen molar-refractivity contribution < 1.29 is 28.6 Å². The van der Waals surface area contributed by atoms with Gasteiger partial charge in [-0.05, 0) is 31.9 Å². The first-order chi connectivity index (χ1) is 17.2. The third kappa shape index (κ3) is 6.47. The Bertz CT molecular complexity index is 1210. The van der Waals surface area contributed by atoms with Crippen molar-refractivity contribution in [3.63, 3.8) is 0 Å². The molecule has 0 aliphatic rings. The fourth-order valence-electron chi connectivity index (χ4n) is 3.84. The molecule has 188 valence electrons. The summed E-state index contributed by atoms with van der Waals surface area (Å²) in [4.78, 5) is 41.4. The van der Waals surface area contributed by atoms with E-state index in [2.05, 4.69) is 10.3 Å². The lowest BCUT2D eigenvalue weighted by molar-refractivity contribution is -0.150. The molecule has 0 spiro atoms. The first-order valence-electron chi connectivity index (χ1n) is 11.6. The number of ether oxygens (including phenoxy) is 3. The first kappa shape index (κ1) is 26.4. The highest BCUT2D eigenvalue weighted by Crippen LogP contribution is 2.31. The minimum atomic E-state index is -0.993. The summed E-state index contributed by atoms with van der Waals surface area (Å²) in [5.74, 6) is -2.12. The highest BCUT2D eigenvalue weighted by molar-refractivity contribution is 5.98. The molecule has 0 aliphatic heterocycles. The predicted molar refractivity (Wildman–Crippen MR) is 134 cm³/mol. The van der Waals surface area contributed by atoms with Gasteiger partial charge in [0, 0.05) is 25.1 Å². The number of amides is 1. The number of hydrogen-bond acceptors (Lipinski definition) is 7. The SMILES string of the molecule is COc1ccnc(C(=O)N[C@@H](C)C(=O)O[C@@H](C)[C@H](c2ccccc2)c2ccc(C)cc2)c1OC(C)=O. The second kappa shape index (κ2) is 12.0. The summed E-state index contributed by atoms with van der Waals surface area (Å²) < 4.78 is 16.1. The number of nitrogens with one attached hydrogen (secondary N) is 1. The highest BCUT2D eigenvalue weighted by atomic mass is 16.6. The maximum Gasteiger partial charge on any atom is 0.328 e. The van der Waals surface area contributed by atoms with Gasteiger partial charge in [0.05, 0.1) is 7.11 Å². The number of carbonyl (C=O) groups excluding carboxylic acids is 3. The number of nitrogens with zero attached hydrogens (tertiary/aromatic N) is 1. The van der Waals surface area contributed by atoms with E-state index in [4.69, 9.17) is 14.2 Å². The van der Waals surface area contributed by atoms with E-state index in [0.717, 1.165) is 16.7 Å². The van der Waals surface area contributed by atoms with Gasteiger partial charge >= 0.3 is 11.9 Å².